The molecule has 8 nitrogen and oxygen atoms in total. The van der Waals surface area contributed by atoms with E-state index in [-0.39, 0.29) is 11.6 Å². The third-order valence-electron chi connectivity index (χ3n) is 3.95. The summed E-state index contributed by atoms with van der Waals surface area (Å²) >= 11 is 0. The molecular weight excluding hydrogens is 363 g/mol. The number of hydrogen-bond donors (Lipinski definition) is 2. The number of nitrogens with two attached hydrogens (primary N) is 1. The predicted octanol–water partition coefficient (Wildman–Crippen LogP) is 1.63. The van der Waals surface area contributed by atoms with Gasteiger partial charge in [-0.3, -0.25) is 4.68 Å². The van der Waals surface area contributed by atoms with Crippen LogP contribution in [0.15, 0.2) is 41.1 Å². The number of aromatic nitrogens is 6. The molecule has 0 atom stereocenters. The number of aromatic amines is 1. The third kappa shape index (κ3) is 3.67. The molecule has 0 bridgehead atoms. The maximum atomic E-state index is 14.6. The lowest BCUT2D eigenvalue weighted by atomic mass is 10.1. The Kier molecular flexibility index (Phi) is 5.21. The average molecular weight is 379 g/mol. The molecule has 0 spiro atoms. The molecule has 3 rings (SSSR count). The molecular formula is C16H16F3N7O. The van der Waals surface area contributed by atoms with E-state index in [1.54, 1.807) is 17.1 Å². The fourth-order valence-electron chi connectivity index (χ4n) is 2.51. The van der Waals surface area contributed by atoms with Gasteiger partial charge in [-0.1, -0.05) is 0 Å². The standard InChI is InChI=1S/C16H16F3N7O/c1-2-25-8-11(7-22-25)10-3-12(17)15(21-6-10)26-13(23-24-16(26)27)4-9(5-20)14(18)19/h3,6-8H,2,4-5,20H2,1H3,(H,24,27). The number of rotatable bonds is 6. The van der Waals surface area contributed by atoms with Gasteiger partial charge in [0.05, 0.1) is 6.20 Å². The van der Waals surface area contributed by atoms with Crippen molar-refractivity contribution in [3.8, 4) is 16.9 Å². The van der Waals surface area contributed by atoms with E-state index in [9.17, 15) is 18.0 Å². The highest BCUT2D eigenvalue weighted by Crippen LogP contribution is 2.22. The number of halogens is 3. The molecule has 3 heterocycles. The summed E-state index contributed by atoms with van der Waals surface area (Å²) in [6.45, 7) is 2.15. The maximum absolute atomic E-state index is 14.6. The zero-order valence-electron chi connectivity index (χ0n) is 14.3. The van der Waals surface area contributed by atoms with Crippen molar-refractivity contribution in [3.63, 3.8) is 0 Å². The Morgan fingerprint density at radius 3 is 2.67 bits per heavy atom. The van der Waals surface area contributed by atoms with Crippen molar-refractivity contribution < 1.29 is 13.2 Å². The van der Waals surface area contributed by atoms with Crippen molar-refractivity contribution >= 4 is 0 Å². The molecule has 0 radical (unpaired) electrons. The van der Waals surface area contributed by atoms with Crippen LogP contribution in [0.4, 0.5) is 13.2 Å². The van der Waals surface area contributed by atoms with Gasteiger partial charge in [0.1, 0.15) is 5.82 Å². The normalized spacial score (nSPS) is 11.0. The smallest absolute Gasteiger partial charge is 0.327 e. The van der Waals surface area contributed by atoms with Gasteiger partial charge in [0.15, 0.2) is 11.6 Å². The summed E-state index contributed by atoms with van der Waals surface area (Å²) < 4.78 is 42.8. The van der Waals surface area contributed by atoms with Gasteiger partial charge < -0.3 is 5.73 Å². The van der Waals surface area contributed by atoms with E-state index in [1.807, 2.05) is 6.92 Å². The van der Waals surface area contributed by atoms with Crippen LogP contribution in [0.1, 0.15) is 12.7 Å². The number of hydrogen-bond acceptors (Lipinski definition) is 5. The van der Waals surface area contributed by atoms with Crippen LogP contribution < -0.4 is 11.4 Å². The third-order valence-corrected chi connectivity index (χ3v) is 3.95. The van der Waals surface area contributed by atoms with E-state index in [2.05, 4.69) is 20.3 Å². The lowest BCUT2D eigenvalue weighted by molar-refractivity contribution is 0.407. The highest BCUT2D eigenvalue weighted by Gasteiger charge is 2.19. The number of aryl methyl sites for hydroxylation is 1. The Morgan fingerprint density at radius 1 is 1.30 bits per heavy atom. The highest BCUT2D eigenvalue weighted by atomic mass is 19.3. The monoisotopic (exact) mass is 379 g/mol. The minimum Gasteiger partial charge on any atom is -0.327 e. The number of nitrogens with one attached hydrogen (secondary N) is 1. The van der Waals surface area contributed by atoms with Gasteiger partial charge in [0, 0.05) is 48.6 Å². The topological polar surface area (TPSA) is 107 Å². The molecule has 0 aliphatic rings. The van der Waals surface area contributed by atoms with Crippen LogP contribution in [-0.4, -0.2) is 36.1 Å². The largest absolute Gasteiger partial charge is 0.349 e. The Labute approximate surface area is 151 Å². The molecule has 0 fully saturated rings. The fourth-order valence-corrected chi connectivity index (χ4v) is 2.51. The van der Waals surface area contributed by atoms with Crippen molar-refractivity contribution in [1.29, 1.82) is 0 Å². The second kappa shape index (κ2) is 7.58. The Hall–Kier alpha value is -3.21. The number of pyridine rings is 1. The molecule has 0 unspecified atom stereocenters. The summed E-state index contributed by atoms with van der Waals surface area (Å²) in [5.74, 6) is -1.27. The van der Waals surface area contributed by atoms with E-state index < -0.39 is 36.1 Å². The van der Waals surface area contributed by atoms with E-state index in [4.69, 9.17) is 5.73 Å². The summed E-state index contributed by atoms with van der Waals surface area (Å²) in [5, 5.41) is 9.91. The van der Waals surface area contributed by atoms with Crippen molar-refractivity contribution in [2.75, 3.05) is 6.54 Å². The molecule has 0 aromatic carbocycles. The zero-order valence-corrected chi connectivity index (χ0v) is 14.3. The van der Waals surface area contributed by atoms with E-state index in [1.165, 1.54) is 12.3 Å². The molecule has 0 saturated carbocycles. The fraction of sp³-hybridized carbons (Fsp3) is 0.250. The zero-order chi connectivity index (χ0) is 19.6. The van der Waals surface area contributed by atoms with E-state index in [0.29, 0.717) is 17.7 Å². The van der Waals surface area contributed by atoms with Crippen molar-refractivity contribution in [2.24, 2.45) is 5.73 Å². The van der Waals surface area contributed by atoms with Gasteiger partial charge in [-0.05, 0) is 13.0 Å². The van der Waals surface area contributed by atoms with Crippen LogP contribution in [0, 0.1) is 5.82 Å². The first-order valence-corrected chi connectivity index (χ1v) is 8.02. The molecule has 3 aromatic rings. The van der Waals surface area contributed by atoms with Gasteiger partial charge >= 0.3 is 5.69 Å². The first kappa shape index (κ1) is 18.6. The Morgan fingerprint density at radius 2 is 2.07 bits per heavy atom. The van der Waals surface area contributed by atoms with Crippen molar-refractivity contribution in [1.82, 2.24) is 29.5 Å². The minimum atomic E-state index is -1.96. The van der Waals surface area contributed by atoms with E-state index in [0.717, 1.165) is 4.57 Å². The molecule has 3 N–H and O–H groups in total. The van der Waals surface area contributed by atoms with Crippen LogP contribution >= 0.6 is 0 Å². The summed E-state index contributed by atoms with van der Waals surface area (Å²) in [5.41, 5.74) is 5.21. The van der Waals surface area contributed by atoms with Crippen LogP contribution in [0.25, 0.3) is 16.9 Å². The summed E-state index contributed by atoms with van der Waals surface area (Å²) in [7, 11) is 0. The average Bonchev–Trinajstić information content (AvgIpc) is 3.26. The molecule has 0 saturated heterocycles. The van der Waals surface area contributed by atoms with Gasteiger partial charge in [0.2, 0.25) is 0 Å². The SMILES string of the molecule is CCn1cc(-c2cnc(-n3c(CC(CN)=C(F)F)n[nH]c3=O)c(F)c2)cn1. The first-order valence-electron chi connectivity index (χ1n) is 8.02. The minimum absolute atomic E-state index is 0.119. The van der Waals surface area contributed by atoms with Crippen molar-refractivity contribution in [3.05, 3.63) is 58.4 Å². The summed E-state index contributed by atoms with van der Waals surface area (Å²) in [6, 6.07) is 1.19. The maximum Gasteiger partial charge on any atom is 0.349 e. The lowest BCUT2D eigenvalue weighted by Crippen LogP contribution is -2.20. The molecule has 0 aliphatic heterocycles. The van der Waals surface area contributed by atoms with E-state index >= 15 is 0 Å². The van der Waals surface area contributed by atoms with Gasteiger partial charge in [-0.25, -0.2) is 23.8 Å². The quantitative estimate of drug-likeness (QED) is 0.677. The summed E-state index contributed by atoms with van der Waals surface area (Å²) in [6.07, 6.45) is 2.29. The molecule has 142 valence electrons. The lowest BCUT2D eigenvalue weighted by Gasteiger charge is -2.08. The Balaban J connectivity index is 2.01. The molecule has 0 aliphatic carbocycles. The molecule has 11 heteroatoms. The van der Waals surface area contributed by atoms with Gasteiger partial charge in [-0.2, -0.15) is 19.0 Å². The molecule has 0 amide bonds. The highest BCUT2D eigenvalue weighted by molar-refractivity contribution is 5.61. The van der Waals surface area contributed by atoms with Crippen LogP contribution in [0.3, 0.4) is 0 Å². The number of nitrogens with zero attached hydrogens (tertiary/aromatic N) is 5. The second-order valence-electron chi connectivity index (χ2n) is 5.64. The first-order chi connectivity index (χ1) is 12.9. The number of H-pyrrole nitrogens is 1. The van der Waals surface area contributed by atoms with Gasteiger partial charge in [-0.15, -0.1) is 0 Å². The van der Waals surface area contributed by atoms with Crippen LogP contribution in [0.2, 0.25) is 0 Å². The second-order valence-corrected chi connectivity index (χ2v) is 5.64. The molecule has 3 aromatic heterocycles. The summed E-state index contributed by atoms with van der Waals surface area (Å²) in [4.78, 5) is 16.0. The molecule has 27 heavy (non-hydrogen) atoms. The van der Waals surface area contributed by atoms with Crippen LogP contribution in [0.5, 0.6) is 0 Å². The predicted molar refractivity (Wildman–Crippen MR) is 90.8 cm³/mol. The van der Waals surface area contributed by atoms with Crippen molar-refractivity contribution in [2.45, 2.75) is 19.9 Å². The Bertz CT molecular complexity index is 1050. The van der Waals surface area contributed by atoms with Crippen LogP contribution in [-0.2, 0) is 13.0 Å². The van der Waals surface area contributed by atoms with Gasteiger partial charge in [0.25, 0.3) is 6.08 Å².